The minimum atomic E-state index is -0.437. The average Bonchev–Trinajstić information content (AvgIpc) is 3.08. The Kier molecular flexibility index (Phi) is 3.34. The lowest BCUT2D eigenvalue weighted by molar-refractivity contribution is 0.00578. The number of rotatable bonds is 2. The number of hydrogen-bond donors (Lipinski definition) is 0. The molecule has 0 N–H and O–H groups in total. The van der Waals surface area contributed by atoms with Gasteiger partial charge in [0.15, 0.2) is 0 Å². The summed E-state index contributed by atoms with van der Waals surface area (Å²) in [5.74, 6) is 0.820. The number of hydrogen-bond acceptors (Lipinski definition) is 4. The predicted molar refractivity (Wildman–Crippen MR) is 93.6 cm³/mol. The molecule has 0 saturated carbocycles. The van der Waals surface area contributed by atoms with Crippen molar-refractivity contribution in [2.75, 3.05) is 7.11 Å². The van der Waals surface area contributed by atoms with Gasteiger partial charge in [0, 0.05) is 17.6 Å². The Morgan fingerprint density at radius 2 is 1.88 bits per heavy atom. The smallest absolute Gasteiger partial charge is 0.497 e. The molecule has 3 heterocycles. The van der Waals surface area contributed by atoms with Gasteiger partial charge in [-0.15, -0.1) is 0 Å². The monoisotopic (exact) mass is 326 g/mol. The maximum Gasteiger partial charge on any atom is 0.498 e. The predicted octanol–water partition coefficient (Wildman–Crippen LogP) is 2.41. The first-order chi connectivity index (χ1) is 11.3. The molecule has 2 aliphatic rings. The van der Waals surface area contributed by atoms with Crippen molar-refractivity contribution in [3.05, 3.63) is 30.2 Å². The Balaban J connectivity index is 1.81. The molecule has 2 aromatic rings. The lowest BCUT2D eigenvalue weighted by Gasteiger charge is -2.32. The second-order valence-corrected chi connectivity index (χ2v) is 7.56. The summed E-state index contributed by atoms with van der Waals surface area (Å²) in [6.45, 7) is 9.20. The summed E-state index contributed by atoms with van der Waals surface area (Å²) in [5, 5.41) is 0. The van der Waals surface area contributed by atoms with E-state index in [0.717, 1.165) is 29.9 Å². The van der Waals surface area contributed by atoms with Gasteiger partial charge in [-0.2, -0.15) is 0 Å². The summed E-state index contributed by atoms with van der Waals surface area (Å²) in [6, 6.07) is 4.26. The quantitative estimate of drug-likeness (QED) is 0.795. The van der Waals surface area contributed by atoms with E-state index in [1.807, 2.05) is 12.5 Å². The van der Waals surface area contributed by atoms with Crippen LogP contribution >= 0.6 is 0 Å². The molecule has 0 aliphatic carbocycles. The van der Waals surface area contributed by atoms with Crippen molar-refractivity contribution in [3.63, 3.8) is 0 Å². The van der Waals surface area contributed by atoms with Crippen LogP contribution in [-0.2, 0) is 22.3 Å². The molecule has 5 nitrogen and oxygen atoms in total. The molecular weight excluding hydrogens is 303 g/mol. The van der Waals surface area contributed by atoms with Gasteiger partial charge in [-0.1, -0.05) is 0 Å². The highest BCUT2D eigenvalue weighted by Crippen LogP contribution is 2.38. The minimum Gasteiger partial charge on any atom is -0.497 e. The number of ether oxygens (including phenoxy) is 1. The topological polar surface area (TPSA) is 45.5 Å². The third-order valence-electron chi connectivity index (χ3n) is 5.57. The van der Waals surface area contributed by atoms with Crippen LogP contribution in [0, 0.1) is 0 Å². The molecule has 0 unspecified atom stereocenters. The summed E-state index contributed by atoms with van der Waals surface area (Å²) in [6.07, 6.45) is 4.77. The number of aromatic nitrogens is 2. The Labute approximate surface area is 143 Å². The Bertz CT molecular complexity index is 782. The van der Waals surface area contributed by atoms with E-state index in [-0.39, 0.29) is 11.2 Å². The lowest BCUT2D eigenvalue weighted by atomic mass is 9.76. The maximum atomic E-state index is 6.23. The van der Waals surface area contributed by atoms with E-state index in [0.29, 0.717) is 0 Å². The van der Waals surface area contributed by atoms with Crippen LogP contribution < -0.4 is 10.2 Å². The van der Waals surface area contributed by atoms with Crippen LogP contribution in [0.5, 0.6) is 5.75 Å². The molecule has 0 radical (unpaired) electrons. The Morgan fingerprint density at radius 3 is 2.54 bits per heavy atom. The van der Waals surface area contributed by atoms with E-state index in [4.69, 9.17) is 14.0 Å². The molecule has 0 bridgehead atoms. The van der Waals surface area contributed by atoms with Crippen LogP contribution in [-0.4, -0.2) is 35.0 Å². The largest absolute Gasteiger partial charge is 0.498 e. The number of fused-ring (bicyclic) bond motifs is 3. The molecule has 4 rings (SSSR count). The van der Waals surface area contributed by atoms with Crippen LogP contribution in [0.2, 0.25) is 0 Å². The SMILES string of the molecule is COc1cc2c(cc1B1OC(C)(C)C(C)(C)O1)-c1cncn1CC2. The molecule has 1 saturated heterocycles. The number of benzene rings is 1. The van der Waals surface area contributed by atoms with Crippen molar-refractivity contribution in [2.45, 2.75) is 51.9 Å². The highest BCUT2D eigenvalue weighted by molar-refractivity contribution is 6.63. The van der Waals surface area contributed by atoms with Gasteiger partial charge < -0.3 is 18.6 Å². The van der Waals surface area contributed by atoms with E-state index in [1.165, 1.54) is 11.1 Å². The fourth-order valence-electron chi connectivity index (χ4n) is 3.38. The number of nitrogens with zero attached hydrogens (tertiary/aromatic N) is 2. The Morgan fingerprint density at radius 1 is 1.17 bits per heavy atom. The second-order valence-electron chi connectivity index (χ2n) is 7.56. The zero-order valence-corrected chi connectivity index (χ0v) is 14.9. The molecule has 1 aromatic heterocycles. The van der Waals surface area contributed by atoms with Crippen LogP contribution in [0.4, 0.5) is 0 Å². The molecule has 0 spiro atoms. The van der Waals surface area contributed by atoms with Crippen molar-refractivity contribution >= 4 is 12.6 Å². The molecule has 1 aromatic carbocycles. The summed E-state index contributed by atoms with van der Waals surface area (Å²) in [4.78, 5) is 4.29. The first kappa shape index (κ1) is 15.7. The third kappa shape index (κ3) is 2.20. The zero-order chi connectivity index (χ0) is 17.1. The Hall–Kier alpha value is -1.79. The molecule has 6 heteroatoms. The van der Waals surface area contributed by atoms with Crippen LogP contribution in [0.25, 0.3) is 11.3 Å². The van der Waals surface area contributed by atoms with Crippen molar-refractivity contribution in [1.29, 1.82) is 0 Å². The highest BCUT2D eigenvalue weighted by atomic mass is 16.7. The van der Waals surface area contributed by atoms with E-state index in [1.54, 1.807) is 7.11 Å². The van der Waals surface area contributed by atoms with Gasteiger partial charge in [-0.3, -0.25) is 0 Å². The van der Waals surface area contributed by atoms with E-state index in [2.05, 4.69) is 49.4 Å². The van der Waals surface area contributed by atoms with Crippen molar-refractivity contribution in [3.8, 4) is 17.0 Å². The highest BCUT2D eigenvalue weighted by Gasteiger charge is 2.52. The second kappa shape index (κ2) is 5.10. The molecule has 126 valence electrons. The van der Waals surface area contributed by atoms with Gasteiger partial charge in [0.05, 0.1) is 36.5 Å². The van der Waals surface area contributed by atoms with Crippen LogP contribution in [0.15, 0.2) is 24.7 Å². The normalized spacial score (nSPS) is 20.6. The first-order valence-corrected chi connectivity index (χ1v) is 8.39. The van der Waals surface area contributed by atoms with E-state index in [9.17, 15) is 0 Å². The standard InChI is InChI=1S/C18H23BN2O3/c1-17(2)18(3,4)24-19(23-17)14-9-13-12(8-16(14)22-5)6-7-21-11-20-10-15(13)21/h8-11H,6-7H2,1-5H3. The molecule has 24 heavy (non-hydrogen) atoms. The number of imidazole rings is 1. The van der Waals surface area contributed by atoms with Gasteiger partial charge in [0.25, 0.3) is 0 Å². The van der Waals surface area contributed by atoms with Crippen molar-refractivity contribution < 1.29 is 14.0 Å². The molecule has 2 aliphatic heterocycles. The van der Waals surface area contributed by atoms with Gasteiger partial charge in [-0.25, -0.2) is 4.98 Å². The average molecular weight is 326 g/mol. The van der Waals surface area contributed by atoms with Gasteiger partial charge in [-0.05, 0) is 51.8 Å². The van der Waals surface area contributed by atoms with Crippen molar-refractivity contribution in [2.24, 2.45) is 0 Å². The number of methoxy groups -OCH3 is 1. The molecular formula is C18H23BN2O3. The lowest BCUT2D eigenvalue weighted by Crippen LogP contribution is -2.41. The molecule has 0 atom stereocenters. The van der Waals surface area contributed by atoms with Crippen LogP contribution in [0.1, 0.15) is 33.3 Å². The third-order valence-corrected chi connectivity index (χ3v) is 5.57. The summed E-state index contributed by atoms with van der Waals surface area (Å²) in [7, 11) is 1.26. The summed E-state index contributed by atoms with van der Waals surface area (Å²) >= 11 is 0. The van der Waals surface area contributed by atoms with Gasteiger partial charge in [0.1, 0.15) is 5.75 Å². The molecule has 1 fully saturated rings. The fourth-order valence-corrected chi connectivity index (χ4v) is 3.38. The van der Waals surface area contributed by atoms with Gasteiger partial charge >= 0.3 is 7.12 Å². The summed E-state index contributed by atoms with van der Waals surface area (Å²) < 4.78 is 20.3. The van der Waals surface area contributed by atoms with Crippen LogP contribution in [0.3, 0.4) is 0 Å². The fraction of sp³-hybridized carbons (Fsp3) is 0.500. The summed E-state index contributed by atoms with van der Waals surface area (Å²) in [5.41, 5.74) is 3.78. The zero-order valence-electron chi connectivity index (χ0n) is 14.9. The maximum absolute atomic E-state index is 6.23. The minimum absolute atomic E-state index is 0.375. The van der Waals surface area contributed by atoms with Crippen molar-refractivity contribution in [1.82, 2.24) is 9.55 Å². The first-order valence-electron chi connectivity index (χ1n) is 8.39. The van der Waals surface area contributed by atoms with E-state index < -0.39 is 7.12 Å². The number of aryl methyl sites for hydroxylation is 2. The molecule has 0 amide bonds. The van der Waals surface area contributed by atoms with Gasteiger partial charge in [0.2, 0.25) is 0 Å². The van der Waals surface area contributed by atoms with E-state index >= 15 is 0 Å².